The fraction of sp³-hybridized carbons (Fsp3) is 0. The highest BCUT2D eigenvalue weighted by Crippen LogP contribution is 1.88. The normalized spacial score (nSPS) is 10.9. The Hall–Kier alpha value is -0.860. The Balaban J connectivity index is 4.43. The first-order chi connectivity index (χ1) is 3.85. The summed E-state index contributed by atoms with van der Waals surface area (Å²) in [5.74, 6) is 0. The average Bonchev–Trinajstić information content (AvgIpc) is 1.62. The van der Waals surface area contributed by atoms with E-state index in [9.17, 15) is 13.2 Å². The Morgan fingerprint density at radius 3 is 1.89 bits per heavy atom. The molecule has 8 heteroatoms. The Labute approximate surface area is 50.5 Å². The van der Waals surface area contributed by atoms with E-state index in [1.165, 1.54) is 0 Å². The van der Waals surface area contributed by atoms with Gasteiger partial charge in [-0.2, -0.15) is 8.42 Å². The molecule has 9 heavy (non-hydrogen) atoms. The highest BCUT2D eigenvalue weighted by molar-refractivity contribution is 7.83. The van der Waals surface area contributed by atoms with Crippen molar-refractivity contribution in [3.8, 4) is 0 Å². The van der Waals surface area contributed by atoms with Gasteiger partial charge >= 0.3 is 16.3 Å². The van der Waals surface area contributed by atoms with Crippen molar-refractivity contribution in [2.24, 2.45) is 5.73 Å². The molecule has 0 heterocycles. The minimum absolute atomic E-state index is 0.979. The van der Waals surface area contributed by atoms with Crippen LogP contribution in [-0.4, -0.2) is 28.7 Å². The zero-order chi connectivity index (χ0) is 7.65. The molecule has 0 radical (unpaired) electrons. The number of amides is 2. The number of carbonyl (C=O) groups excluding carboxylic acids is 1. The van der Waals surface area contributed by atoms with Gasteiger partial charge in [-0.3, -0.25) is 9.76 Å². The van der Waals surface area contributed by atoms with Crippen molar-refractivity contribution in [3.63, 3.8) is 0 Å². The van der Waals surface area contributed by atoms with Crippen molar-refractivity contribution in [2.45, 2.75) is 0 Å². The van der Waals surface area contributed by atoms with Crippen LogP contribution in [0, 0.1) is 0 Å². The molecule has 7 nitrogen and oxygen atoms in total. The summed E-state index contributed by atoms with van der Waals surface area (Å²) in [7, 11) is -4.89. The smallest absolute Gasteiger partial charge is 0.349 e. The SMILES string of the molecule is NC(=O)N(O)S(=O)(=O)O. The number of rotatable bonds is 1. The van der Waals surface area contributed by atoms with E-state index < -0.39 is 20.8 Å². The summed E-state index contributed by atoms with van der Waals surface area (Å²) in [6.07, 6.45) is 0. The summed E-state index contributed by atoms with van der Waals surface area (Å²) >= 11 is 0. The molecule has 54 valence electrons. The van der Waals surface area contributed by atoms with Gasteiger partial charge in [-0.15, -0.1) is 0 Å². The Morgan fingerprint density at radius 1 is 1.56 bits per heavy atom. The monoisotopic (exact) mass is 156 g/mol. The largest absolute Gasteiger partial charge is 0.386 e. The van der Waals surface area contributed by atoms with Gasteiger partial charge in [0.1, 0.15) is 0 Å². The molecule has 0 atom stereocenters. The van der Waals surface area contributed by atoms with Gasteiger partial charge in [-0.05, 0) is 0 Å². The van der Waals surface area contributed by atoms with Crippen LogP contribution >= 0.6 is 0 Å². The van der Waals surface area contributed by atoms with E-state index in [-0.39, 0.29) is 0 Å². The summed E-state index contributed by atoms with van der Waals surface area (Å²) < 4.78 is 26.2. The van der Waals surface area contributed by atoms with Crippen molar-refractivity contribution < 1.29 is 23.0 Å². The lowest BCUT2D eigenvalue weighted by molar-refractivity contribution is 0.0362. The second kappa shape index (κ2) is 2.17. The lowest BCUT2D eigenvalue weighted by Crippen LogP contribution is -2.37. The van der Waals surface area contributed by atoms with Gasteiger partial charge in [-0.1, -0.05) is 4.47 Å². The third-order valence-electron chi connectivity index (χ3n) is 0.407. The molecular formula is CH4N2O5S. The summed E-state index contributed by atoms with van der Waals surface area (Å²) in [5.41, 5.74) is 4.22. The van der Waals surface area contributed by atoms with Crippen molar-refractivity contribution >= 4 is 16.3 Å². The zero-order valence-corrected chi connectivity index (χ0v) is 4.87. The molecule has 0 aromatic carbocycles. The second-order valence-electron chi connectivity index (χ2n) is 1.06. The van der Waals surface area contributed by atoms with Gasteiger partial charge in [0.2, 0.25) is 0 Å². The molecule has 0 aliphatic heterocycles. The first-order valence-electron chi connectivity index (χ1n) is 1.61. The first kappa shape index (κ1) is 8.14. The number of primary amides is 1. The topological polar surface area (TPSA) is 121 Å². The van der Waals surface area contributed by atoms with Crippen molar-refractivity contribution in [1.29, 1.82) is 0 Å². The lowest BCUT2D eigenvalue weighted by atomic mass is 11.2. The Morgan fingerprint density at radius 2 is 1.89 bits per heavy atom. The standard InChI is InChI=1S/CH4N2O5S/c2-1(4)3(5)9(6,7)8/h5H,(H2,2,4)(H,6,7,8). The van der Waals surface area contributed by atoms with Crippen LogP contribution in [0.25, 0.3) is 0 Å². The molecule has 0 aromatic rings. The molecule has 0 rings (SSSR count). The van der Waals surface area contributed by atoms with Crippen molar-refractivity contribution in [3.05, 3.63) is 0 Å². The predicted molar refractivity (Wildman–Crippen MR) is 24.8 cm³/mol. The molecule has 0 fully saturated rings. The Bertz CT molecular complexity index is 205. The van der Waals surface area contributed by atoms with E-state index in [0.717, 1.165) is 0 Å². The number of hydrogen-bond acceptors (Lipinski definition) is 4. The molecule has 0 spiro atoms. The zero-order valence-electron chi connectivity index (χ0n) is 4.05. The maximum Gasteiger partial charge on any atom is 0.386 e. The van der Waals surface area contributed by atoms with Crippen LogP contribution in [0.3, 0.4) is 0 Å². The predicted octanol–water partition coefficient (Wildman–Crippen LogP) is -1.44. The van der Waals surface area contributed by atoms with Gasteiger partial charge in [-0.25, -0.2) is 4.79 Å². The third kappa shape index (κ3) is 2.26. The molecule has 0 saturated heterocycles. The third-order valence-corrected chi connectivity index (χ3v) is 1.02. The molecule has 0 aliphatic rings. The van der Waals surface area contributed by atoms with Gasteiger partial charge in [0.25, 0.3) is 0 Å². The number of hydrogen-bond donors (Lipinski definition) is 3. The quantitative estimate of drug-likeness (QED) is 0.244. The maximum absolute atomic E-state index is 9.70. The molecule has 4 N–H and O–H groups in total. The summed E-state index contributed by atoms with van der Waals surface area (Å²) in [4.78, 5) is 9.70. The van der Waals surface area contributed by atoms with Crippen LogP contribution < -0.4 is 5.73 Å². The lowest BCUT2D eigenvalue weighted by Gasteiger charge is -2.04. The van der Waals surface area contributed by atoms with E-state index in [1.807, 2.05) is 0 Å². The highest BCUT2D eigenvalue weighted by Gasteiger charge is 2.19. The van der Waals surface area contributed by atoms with E-state index >= 15 is 0 Å². The Kier molecular flexibility index (Phi) is 1.96. The van der Waals surface area contributed by atoms with Gasteiger partial charge in [0.15, 0.2) is 0 Å². The fourth-order valence-corrected chi connectivity index (χ4v) is 0.341. The van der Waals surface area contributed by atoms with Crippen molar-refractivity contribution in [1.82, 2.24) is 4.47 Å². The minimum atomic E-state index is -4.89. The summed E-state index contributed by atoms with van der Waals surface area (Å²) in [6, 6.07) is -1.67. The van der Waals surface area contributed by atoms with Gasteiger partial charge < -0.3 is 5.73 Å². The molecule has 2 amide bonds. The number of hydroxylamine groups is 1. The molecule has 0 saturated carbocycles. The number of urea groups is 1. The molecule has 0 aromatic heterocycles. The van der Waals surface area contributed by atoms with Crippen LogP contribution in [0.4, 0.5) is 4.79 Å². The summed E-state index contributed by atoms with van der Waals surface area (Å²) in [5, 5.41) is 7.98. The summed E-state index contributed by atoms with van der Waals surface area (Å²) in [6.45, 7) is 0. The van der Waals surface area contributed by atoms with E-state index in [1.54, 1.807) is 0 Å². The molecule has 0 bridgehead atoms. The second-order valence-corrected chi connectivity index (χ2v) is 2.30. The fourth-order valence-electron chi connectivity index (χ4n) is 0.114. The minimum Gasteiger partial charge on any atom is -0.349 e. The van der Waals surface area contributed by atoms with E-state index in [2.05, 4.69) is 5.73 Å². The molecular weight excluding hydrogens is 152 g/mol. The van der Waals surface area contributed by atoms with Crippen LogP contribution in [0.2, 0.25) is 0 Å². The van der Waals surface area contributed by atoms with Crippen LogP contribution in [0.15, 0.2) is 0 Å². The molecule has 0 aliphatic carbocycles. The van der Waals surface area contributed by atoms with Crippen LogP contribution in [-0.2, 0) is 10.3 Å². The average molecular weight is 156 g/mol. The van der Waals surface area contributed by atoms with Gasteiger partial charge in [0.05, 0.1) is 0 Å². The van der Waals surface area contributed by atoms with E-state index in [0.29, 0.717) is 0 Å². The first-order valence-corrected chi connectivity index (χ1v) is 3.01. The number of nitrogens with zero attached hydrogens (tertiary/aromatic N) is 1. The maximum atomic E-state index is 9.70. The number of carbonyl (C=O) groups is 1. The van der Waals surface area contributed by atoms with Gasteiger partial charge in [0, 0.05) is 0 Å². The highest BCUT2D eigenvalue weighted by atomic mass is 32.2. The van der Waals surface area contributed by atoms with Crippen molar-refractivity contribution in [2.75, 3.05) is 0 Å². The number of nitrogens with two attached hydrogens (primary N) is 1. The van der Waals surface area contributed by atoms with E-state index in [4.69, 9.17) is 9.76 Å². The van der Waals surface area contributed by atoms with Crippen LogP contribution in [0.1, 0.15) is 0 Å². The molecule has 0 unspecified atom stereocenters. The van der Waals surface area contributed by atoms with Crippen LogP contribution in [0.5, 0.6) is 0 Å².